The van der Waals surface area contributed by atoms with Gasteiger partial charge in [0.05, 0.1) is 6.54 Å². The molecule has 0 saturated heterocycles. The second kappa shape index (κ2) is 5.29. The summed E-state index contributed by atoms with van der Waals surface area (Å²) in [6, 6.07) is 0. The Morgan fingerprint density at radius 2 is 1.72 bits per heavy atom. The molecule has 4 nitrogen and oxygen atoms in total. The van der Waals surface area contributed by atoms with E-state index in [-0.39, 0.29) is 24.3 Å². The fourth-order valence-electron chi connectivity index (χ4n) is 3.02. The van der Waals surface area contributed by atoms with Crippen molar-refractivity contribution in [3.8, 4) is 0 Å². The summed E-state index contributed by atoms with van der Waals surface area (Å²) in [5.74, 6) is 2.04. The predicted molar refractivity (Wildman–Crippen MR) is 69.9 cm³/mol. The third kappa shape index (κ3) is 2.85. The number of amides is 2. The van der Waals surface area contributed by atoms with Crippen molar-refractivity contribution in [1.82, 2.24) is 9.80 Å². The number of hydrogen-bond acceptors (Lipinski definition) is 2. The van der Waals surface area contributed by atoms with Crippen LogP contribution in [0.1, 0.15) is 32.6 Å². The van der Waals surface area contributed by atoms with E-state index in [1.165, 1.54) is 6.42 Å². The maximum absolute atomic E-state index is 12.4. The normalized spacial score (nSPS) is 28.7. The summed E-state index contributed by atoms with van der Waals surface area (Å²) in [4.78, 5) is 27.5. The molecule has 0 aliphatic heterocycles. The summed E-state index contributed by atoms with van der Waals surface area (Å²) < 4.78 is 0. The molecule has 2 fully saturated rings. The Bertz CT molecular complexity index is 331. The molecule has 0 aromatic carbocycles. The highest BCUT2D eigenvalue weighted by molar-refractivity contribution is 5.86. The van der Waals surface area contributed by atoms with Crippen molar-refractivity contribution in [2.75, 3.05) is 27.2 Å². The molecule has 0 bridgehead atoms. The molecule has 102 valence electrons. The number of fused-ring (bicyclic) bond motifs is 1. The number of carbonyl (C=O) groups excluding carboxylic acids is 2. The number of nitrogens with zero attached hydrogens (tertiary/aromatic N) is 2. The topological polar surface area (TPSA) is 40.6 Å². The van der Waals surface area contributed by atoms with E-state index in [2.05, 4.69) is 0 Å². The smallest absolute Gasteiger partial charge is 0.241 e. The molecule has 0 spiro atoms. The number of carbonyl (C=O) groups is 2. The molecule has 0 aromatic heterocycles. The van der Waals surface area contributed by atoms with Gasteiger partial charge in [-0.3, -0.25) is 9.59 Å². The van der Waals surface area contributed by atoms with Crippen LogP contribution in [-0.4, -0.2) is 48.8 Å². The van der Waals surface area contributed by atoms with E-state index in [0.717, 1.165) is 31.1 Å². The van der Waals surface area contributed by atoms with E-state index in [1.54, 1.807) is 23.9 Å². The largest absolute Gasteiger partial charge is 0.347 e. The molecule has 2 amide bonds. The van der Waals surface area contributed by atoms with E-state index in [4.69, 9.17) is 0 Å². The first-order valence-electron chi connectivity index (χ1n) is 7.01. The molecule has 2 atom stereocenters. The highest BCUT2D eigenvalue weighted by Crippen LogP contribution is 2.54. The minimum absolute atomic E-state index is 0.0138. The maximum Gasteiger partial charge on any atom is 0.241 e. The standard InChI is InChI=1S/C14H24N2O2/c1-4-5-16(9-13(17)15(2)3)14(18)12-7-10-6-11(10)8-12/h10-12H,4-9H2,1-3H3. The molecule has 0 radical (unpaired) electrons. The Balaban J connectivity index is 1.91. The highest BCUT2D eigenvalue weighted by atomic mass is 16.2. The van der Waals surface area contributed by atoms with Crippen LogP contribution >= 0.6 is 0 Å². The summed E-state index contributed by atoms with van der Waals surface area (Å²) in [5.41, 5.74) is 0. The summed E-state index contributed by atoms with van der Waals surface area (Å²) in [6.45, 7) is 2.99. The van der Waals surface area contributed by atoms with E-state index in [9.17, 15) is 9.59 Å². The second-order valence-corrected chi connectivity index (χ2v) is 5.97. The van der Waals surface area contributed by atoms with Gasteiger partial charge in [0, 0.05) is 26.6 Å². The molecular weight excluding hydrogens is 228 g/mol. The molecule has 0 heterocycles. The molecule has 2 saturated carbocycles. The van der Waals surface area contributed by atoms with E-state index >= 15 is 0 Å². The van der Waals surface area contributed by atoms with Gasteiger partial charge in [-0.1, -0.05) is 6.92 Å². The molecule has 2 unspecified atom stereocenters. The van der Waals surface area contributed by atoms with Crippen LogP contribution in [0, 0.1) is 17.8 Å². The van der Waals surface area contributed by atoms with Gasteiger partial charge in [0.15, 0.2) is 0 Å². The lowest BCUT2D eigenvalue weighted by Crippen LogP contribution is -2.43. The Hall–Kier alpha value is -1.06. The van der Waals surface area contributed by atoms with Gasteiger partial charge in [0.1, 0.15) is 0 Å². The maximum atomic E-state index is 12.4. The third-order valence-corrected chi connectivity index (χ3v) is 4.22. The quantitative estimate of drug-likeness (QED) is 0.741. The summed E-state index contributed by atoms with van der Waals surface area (Å²) in [6.07, 6.45) is 4.35. The molecule has 2 aliphatic carbocycles. The molecular formula is C14H24N2O2. The summed E-state index contributed by atoms with van der Waals surface area (Å²) in [7, 11) is 3.48. The Labute approximate surface area is 109 Å². The predicted octanol–water partition coefficient (Wildman–Crippen LogP) is 1.36. The highest BCUT2D eigenvalue weighted by Gasteiger charge is 2.48. The Kier molecular flexibility index (Phi) is 3.93. The van der Waals surface area contributed by atoms with E-state index in [1.807, 2.05) is 6.92 Å². The molecule has 4 heteroatoms. The van der Waals surface area contributed by atoms with Gasteiger partial charge in [-0.05, 0) is 37.5 Å². The van der Waals surface area contributed by atoms with Gasteiger partial charge in [-0.25, -0.2) is 0 Å². The van der Waals surface area contributed by atoms with Crippen molar-refractivity contribution in [3.05, 3.63) is 0 Å². The van der Waals surface area contributed by atoms with Crippen LogP contribution in [0.4, 0.5) is 0 Å². The zero-order chi connectivity index (χ0) is 13.3. The zero-order valence-electron chi connectivity index (χ0n) is 11.7. The van der Waals surface area contributed by atoms with Crippen molar-refractivity contribution >= 4 is 11.8 Å². The molecule has 0 N–H and O–H groups in total. The SMILES string of the molecule is CCCN(CC(=O)N(C)C)C(=O)C1CC2CC2C1. The van der Waals surface area contributed by atoms with Crippen LogP contribution in [0.2, 0.25) is 0 Å². The van der Waals surface area contributed by atoms with Gasteiger partial charge in [-0.15, -0.1) is 0 Å². The second-order valence-electron chi connectivity index (χ2n) is 5.97. The fourth-order valence-corrected chi connectivity index (χ4v) is 3.02. The van der Waals surface area contributed by atoms with Crippen LogP contribution in [0.15, 0.2) is 0 Å². The number of rotatable bonds is 5. The van der Waals surface area contributed by atoms with E-state index in [0.29, 0.717) is 6.54 Å². The molecule has 2 rings (SSSR count). The average molecular weight is 252 g/mol. The van der Waals surface area contributed by atoms with Crippen LogP contribution in [0.5, 0.6) is 0 Å². The van der Waals surface area contributed by atoms with Gasteiger partial charge in [0.25, 0.3) is 0 Å². The molecule has 18 heavy (non-hydrogen) atoms. The first-order chi connectivity index (χ1) is 8.52. The van der Waals surface area contributed by atoms with Crippen molar-refractivity contribution < 1.29 is 9.59 Å². The molecule has 0 aromatic rings. The monoisotopic (exact) mass is 252 g/mol. The van der Waals surface area contributed by atoms with E-state index < -0.39 is 0 Å². The third-order valence-electron chi connectivity index (χ3n) is 4.22. The molecule has 2 aliphatic rings. The lowest BCUT2D eigenvalue weighted by atomic mass is 10.0. The van der Waals surface area contributed by atoms with Gasteiger partial charge >= 0.3 is 0 Å². The van der Waals surface area contributed by atoms with Gasteiger partial charge < -0.3 is 9.80 Å². The first kappa shape index (κ1) is 13.4. The van der Waals surface area contributed by atoms with Crippen LogP contribution < -0.4 is 0 Å². The summed E-state index contributed by atoms with van der Waals surface area (Å²) in [5, 5.41) is 0. The Morgan fingerprint density at radius 3 is 2.22 bits per heavy atom. The first-order valence-corrected chi connectivity index (χ1v) is 7.01. The summed E-state index contributed by atoms with van der Waals surface area (Å²) >= 11 is 0. The van der Waals surface area contributed by atoms with Crippen molar-refractivity contribution in [2.24, 2.45) is 17.8 Å². The van der Waals surface area contributed by atoms with Crippen LogP contribution in [0.25, 0.3) is 0 Å². The average Bonchev–Trinajstić information content (AvgIpc) is 2.94. The van der Waals surface area contributed by atoms with Crippen molar-refractivity contribution in [2.45, 2.75) is 32.6 Å². The van der Waals surface area contributed by atoms with Crippen molar-refractivity contribution in [3.63, 3.8) is 0 Å². The number of likely N-dealkylation sites (N-methyl/N-ethyl adjacent to an activating group) is 1. The lowest BCUT2D eigenvalue weighted by molar-refractivity contribution is -0.142. The van der Waals surface area contributed by atoms with Crippen LogP contribution in [-0.2, 0) is 9.59 Å². The zero-order valence-corrected chi connectivity index (χ0v) is 11.7. The minimum Gasteiger partial charge on any atom is -0.347 e. The van der Waals surface area contributed by atoms with Crippen molar-refractivity contribution in [1.29, 1.82) is 0 Å². The Morgan fingerprint density at radius 1 is 1.11 bits per heavy atom. The lowest BCUT2D eigenvalue weighted by Gasteiger charge is -2.26. The fraction of sp³-hybridized carbons (Fsp3) is 0.857. The van der Waals surface area contributed by atoms with Gasteiger partial charge in [-0.2, -0.15) is 0 Å². The minimum atomic E-state index is 0.0138. The van der Waals surface area contributed by atoms with Gasteiger partial charge in [0.2, 0.25) is 11.8 Å². The number of hydrogen-bond donors (Lipinski definition) is 0. The van der Waals surface area contributed by atoms with Crippen LogP contribution in [0.3, 0.4) is 0 Å².